The molecule has 0 amide bonds. The van der Waals surface area contributed by atoms with Crippen LogP contribution in [0.3, 0.4) is 0 Å². The Hall–Kier alpha value is -1.13. The highest BCUT2D eigenvalue weighted by Gasteiger charge is 2.45. The average Bonchev–Trinajstić information content (AvgIpc) is 3.23. The average molecular weight is 267 g/mol. The van der Waals surface area contributed by atoms with Gasteiger partial charge >= 0.3 is 0 Å². The Kier molecular flexibility index (Phi) is 4.42. The van der Waals surface area contributed by atoms with E-state index in [1.807, 2.05) is 13.8 Å². The third kappa shape index (κ3) is 3.25. The van der Waals surface area contributed by atoms with Crippen LogP contribution in [0.15, 0.2) is 18.2 Å². The topological polar surface area (TPSA) is 41.5 Å². The SMILES string of the molecule is CCNC(CO)(COc1cc(F)ccc1C)C1CC1. The third-order valence-corrected chi connectivity index (χ3v) is 3.81. The van der Waals surface area contributed by atoms with Crippen molar-refractivity contribution < 1.29 is 14.2 Å². The monoisotopic (exact) mass is 267 g/mol. The molecule has 0 aromatic heterocycles. The molecule has 0 bridgehead atoms. The maximum atomic E-state index is 13.2. The first kappa shape index (κ1) is 14.3. The van der Waals surface area contributed by atoms with Gasteiger partial charge in [0.1, 0.15) is 18.2 Å². The predicted molar refractivity (Wildman–Crippen MR) is 72.8 cm³/mol. The molecule has 2 rings (SSSR count). The maximum Gasteiger partial charge on any atom is 0.126 e. The van der Waals surface area contributed by atoms with Crippen LogP contribution in [0, 0.1) is 18.7 Å². The van der Waals surface area contributed by atoms with Gasteiger partial charge in [0.15, 0.2) is 0 Å². The Morgan fingerprint density at radius 3 is 2.79 bits per heavy atom. The van der Waals surface area contributed by atoms with E-state index in [9.17, 15) is 9.50 Å². The van der Waals surface area contributed by atoms with Gasteiger partial charge in [0.05, 0.1) is 12.1 Å². The number of nitrogens with one attached hydrogen (secondary N) is 1. The standard InChI is InChI=1S/C15H22FNO2/c1-3-17-15(9-18,12-5-6-12)10-19-14-8-13(16)7-4-11(14)2/h4,7-8,12,17-18H,3,5-6,9-10H2,1-2H3. The number of aliphatic hydroxyl groups excluding tert-OH is 1. The molecule has 1 aliphatic rings. The second kappa shape index (κ2) is 5.88. The van der Waals surface area contributed by atoms with E-state index < -0.39 is 5.54 Å². The number of likely N-dealkylation sites (N-methyl/N-ethyl adjacent to an activating group) is 1. The number of aryl methyl sites for hydroxylation is 1. The molecule has 4 heteroatoms. The molecule has 0 spiro atoms. The normalized spacial score (nSPS) is 18.1. The van der Waals surface area contributed by atoms with Gasteiger partial charge in [-0.25, -0.2) is 4.39 Å². The molecule has 1 fully saturated rings. The number of hydrogen-bond donors (Lipinski definition) is 2. The van der Waals surface area contributed by atoms with E-state index >= 15 is 0 Å². The second-order valence-corrected chi connectivity index (χ2v) is 5.32. The van der Waals surface area contributed by atoms with E-state index in [0.29, 0.717) is 18.3 Å². The van der Waals surface area contributed by atoms with Gasteiger partial charge in [0.2, 0.25) is 0 Å². The lowest BCUT2D eigenvalue weighted by atomic mass is 9.95. The van der Waals surface area contributed by atoms with Gasteiger partial charge in [-0.15, -0.1) is 0 Å². The lowest BCUT2D eigenvalue weighted by Gasteiger charge is -2.33. The summed E-state index contributed by atoms with van der Waals surface area (Å²) in [6.07, 6.45) is 2.22. The fraction of sp³-hybridized carbons (Fsp3) is 0.600. The van der Waals surface area contributed by atoms with Crippen LogP contribution in [0.4, 0.5) is 4.39 Å². The van der Waals surface area contributed by atoms with Gasteiger partial charge in [-0.2, -0.15) is 0 Å². The number of hydrogen-bond acceptors (Lipinski definition) is 3. The number of ether oxygens (including phenoxy) is 1. The Labute approximate surface area is 113 Å². The van der Waals surface area contributed by atoms with Crippen LogP contribution >= 0.6 is 0 Å². The highest BCUT2D eigenvalue weighted by molar-refractivity contribution is 5.32. The van der Waals surface area contributed by atoms with Crippen LogP contribution in [-0.4, -0.2) is 30.4 Å². The minimum Gasteiger partial charge on any atom is -0.491 e. The second-order valence-electron chi connectivity index (χ2n) is 5.32. The Bertz CT molecular complexity index is 434. The molecule has 1 unspecified atom stereocenters. The molecule has 1 saturated carbocycles. The van der Waals surface area contributed by atoms with E-state index in [1.54, 1.807) is 6.07 Å². The quantitative estimate of drug-likeness (QED) is 0.796. The third-order valence-electron chi connectivity index (χ3n) is 3.81. The van der Waals surface area contributed by atoms with Gasteiger partial charge in [0, 0.05) is 6.07 Å². The van der Waals surface area contributed by atoms with Crippen molar-refractivity contribution in [2.24, 2.45) is 5.92 Å². The molecule has 3 nitrogen and oxygen atoms in total. The molecular weight excluding hydrogens is 245 g/mol. The molecule has 1 atom stereocenters. The number of benzene rings is 1. The zero-order valence-corrected chi connectivity index (χ0v) is 11.6. The van der Waals surface area contributed by atoms with Crippen molar-refractivity contribution in [3.8, 4) is 5.75 Å². The zero-order valence-electron chi connectivity index (χ0n) is 11.6. The van der Waals surface area contributed by atoms with Gasteiger partial charge in [-0.05, 0) is 43.9 Å². The molecule has 106 valence electrons. The smallest absolute Gasteiger partial charge is 0.126 e. The van der Waals surface area contributed by atoms with Crippen molar-refractivity contribution in [1.82, 2.24) is 5.32 Å². The molecule has 0 aliphatic heterocycles. The first-order valence-corrected chi connectivity index (χ1v) is 6.86. The number of halogens is 1. The van der Waals surface area contributed by atoms with Crippen molar-refractivity contribution in [2.45, 2.75) is 32.2 Å². The largest absolute Gasteiger partial charge is 0.491 e. The van der Waals surface area contributed by atoms with Gasteiger partial charge in [0.25, 0.3) is 0 Å². The fourth-order valence-corrected chi connectivity index (χ4v) is 2.47. The minimum atomic E-state index is -0.395. The summed E-state index contributed by atoms with van der Waals surface area (Å²) in [5.41, 5.74) is 0.508. The Morgan fingerprint density at radius 2 is 2.21 bits per heavy atom. The van der Waals surface area contributed by atoms with Crippen LogP contribution in [0.25, 0.3) is 0 Å². The van der Waals surface area contributed by atoms with Crippen LogP contribution in [0.5, 0.6) is 5.75 Å². The van der Waals surface area contributed by atoms with Crippen molar-refractivity contribution in [3.05, 3.63) is 29.6 Å². The van der Waals surface area contributed by atoms with Crippen molar-refractivity contribution in [1.29, 1.82) is 0 Å². The lowest BCUT2D eigenvalue weighted by Crippen LogP contribution is -2.55. The molecule has 19 heavy (non-hydrogen) atoms. The van der Waals surface area contributed by atoms with Crippen LogP contribution in [0.2, 0.25) is 0 Å². The van der Waals surface area contributed by atoms with Crippen molar-refractivity contribution >= 4 is 0 Å². The lowest BCUT2D eigenvalue weighted by molar-refractivity contribution is 0.0859. The zero-order chi connectivity index (χ0) is 13.9. The number of rotatable bonds is 7. The summed E-state index contributed by atoms with van der Waals surface area (Å²) in [6.45, 7) is 5.09. The predicted octanol–water partition coefficient (Wildman–Crippen LogP) is 2.26. The first-order chi connectivity index (χ1) is 9.11. The minimum absolute atomic E-state index is 0.0415. The van der Waals surface area contributed by atoms with E-state index in [-0.39, 0.29) is 12.4 Å². The maximum absolute atomic E-state index is 13.2. The summed E-state index contributed by atoms with van der Waals surface area (Å²) >= 11 is 0. The molecule has 1 aromatic carbocycles. The van der Waals surface area contributed by atoms with Crippen molar-refractivity contribution in [3.63, 3.8) is 0 Å². The summed E-state index contributed by atoms with van der Waals surface area (Å²) in [7, 11) is 0. The molecule has 0 saturated heterocycles. The summed E-state index contributed by atoms with van der Waals surface area (Å²) < 4.78 is 19.0. The van der Waals surface area contributed by atoms with Gasteiger partial charge in [-0.1, -0.05) is 13.0 Å². The summed E-state index contributed by atoms with van der Waals surface area (Å²) in [5, 5.41) is 13.0. The van der Waals surface area contributed by atoms with Crippen LogP contribution in [0.1, 0.15) is 25.3 Å². The molecular formula is C15H22FNO2. The molecule has 0 heterocycles. The van der Waals surface area contributed by atoms with E-state index in [1.165, 1.54) is 12.1 Å². The number of aliphatic hydroxyl groups is 1. The van der Waals surface area contributed by atoms with E-state index in [0.717, 1.165) is 24.9 Å². The molecule has 1 aliphatic carbocycles. The van der Waals surface area contributed by atoms with Crippen LogP contribution in [-0.2, 0) is 0 Å². The molecule has 2 N–H and O–H groups in total. The Morgan fingerprint density at radius 1 is 1.47 bits per heavy atom. The summed E-state index contributed by atoms with van der Waals surface area (Å²) in [4.78, 5) is 0. The fourth-order valence-electron chi connectivity index (χ4n) is 2.47. The summed E-state index contributed by atoms with van der Waals surface area (Å²) in [6, 6.07) is 4.53. The molecule has 0 radical (unpaired) electrons. The summed E-state index contributed by atoms with van der Waals surface area (Å²) in [5.74, 6) is 0.702. The van der Waals surface area contributed by atoms with E-state index in [4.69, 9.17) is 4.74 Å². The highest BCUT2D eigenvalue weighted by atomic mass is 19.1. The van der Waals surface area contributed by atoms with Crippen LogP contribution < -0.4 is 10.1 Å². The van der Waals surface area contributed by atoms with Gasteiger partial charge in [-0.3, -0.25) is 0 Å². The van der Waals surface area contributed by atoms with E-state index in [2.05, 4.69) is 5.32 Å². The van der Waals surface area contributed by atoms with Crippen molar-refractivity contribution in [2.75, 3.05) is 19.8 Å². The highest BCUT2D eigenvalue weighted by Crippen LogP contribution is 2.40. The first-order valence-electron chi connectivity index (χ1n) is 6.86. The Balaban J connectivity index is 2.07. The molecule has 1 aromatic rings. The van der Waals surface area contributed by atoms with Gasteiger partial charge < -0.3 is 15.2 Å².